The van der Waals surface area contributed by atoms with Gasteiger partial charge in [-0.25, -0.2) is 9.37 Å². The molecule has 3 rings (SSSR count). The van der Waals surface area contributed by atoms with Gasteiger partial charge in [0.1, 0.15) is 16.6 Å². The van der Waals surface area contributed by atoms with Crippen LogP contribution in [0.4, 0.5) is 4.39 Å². The summed E-state index contributed by atoms with van der Waals surface area (Å²) in [5.41, 5.74) is 1.39. The van der Waals surface area contributed by atoms with Crippen molar-refractivity contribution in [2.75, 3.05) is 0 Å². The summed E-state index contributed by atoms with van der Waals surface area (Å²) in [6, 6.07) is 10.9. The van der Waals surface area contributed by atoms with Crippen molar-refractivity contribution < 1.29 is 13.9 Å². The molecule has 0 bridgehead atoms. The highest BCUT2D eigenvalue weighted by Crippen LogP contribution is 2.22. The van der Waals surface area contributed by atoms with Crippen LogP contribution in [0.1, 0.15) is 5.69 Å². The maximum absolute atomic E-state index is 12.8. The van der Waals surface area contributed by atoms with E-state index in [1.165, 1.54) is 35.6 Å². The normalized spacial score (nSPS) is 10.4. The predicted octanol–water partition coefficient (Wildman–Crippen LogP) is 3.49. The third-order valence-corrected chi connectivity index (χ3v) is 3.72. The third-order valence-electron chi connectivity index (χ3n) is 2.81. The van der Waals surface area contributed by atoms with Gasteiger partial charge in [-0.05, 0) is 36.4 Å². The molecule has 110 valence electrons. The Kier molecular flexibility index (Phi) is 4.20. The molecule has 0 aliphatic heterocycles. The summed E-state index contributed by atoms with van der Waals surface area (Å²) in [6.07, 6.45) is 1.75. The second-order valence-electron chi connectivity index (χ2n) is 4.46. The number of esters is 1. The summed E-state index contributed by atoms with van der Waals surface area (Å²) >= 11 is 1.42. The fourth-order valence-electron chi connectivity index (χ4n) is 1.81. The van der Waals surface area contributed by atoms with E-state index in [9.17, 15) is 9.18 Å². The molecule has 0 saturated carbocycles. The van der Waals surface area contributed by atoms with Crippen LogP contribution in [0.25, 0.3) is 10.7 Å². The lowest BCUT2D eigenvalue weighted by atomic mass is 10.3. The molecule has 0 fully saturated rings. The minimum absolute atomic E-state index is 0.0563. The van der Waals surface area contributed by atoms with Crippen LogP contribution in [0.3, 0.4) is 0 Å². The van der Waals surface area contributed by atoms with Crippen LogP contribution in [0.5, 0.6) is 5.75 Å². The van der Waals surface area contributed by atoms with E-state index in [4.69, 9.17) is 4.74 Å². The molecule has 0 spiro atoms. The Morgan fingerprint density at radius 2 is 2.00 bits per heavy atom. The van der Waals surface area contributed by atoms with Crippen LogP contribution in [0, 0.1) is 5.82 Å². The zero-order valence-electron chi connectivity index (χ0n) is 11.4. The van der Waals surface area contributed by atoms with Crippen LogP contribution in [-0.4, -0.2) is 15.9 Å². The van der Waals surface area contributed by atoms with E-state index in [0.717, 1.165) is 10.7 Å². The van der Waals surface area contributed by atoms with Crippen molar-refractivity contribution in [2.24, 2.45) is 0 Å². The Morgan fingerprint density at radius 3 is 2.73 bits per heavy atom. The first-order chi connectivity index (χ1) is 10.7. The molecular formula is C16H11FN2O2S. The Balaban J connectivity index is 1.65. The number of ether oxygens (including phenoxy) is 1. The molecule has 1 aromatic carbocycles. The fraction of sp³-hybridized carbons (Fsp3) is 0.0625. The van der Waals surface area contributed by atoms with Gasteiger partial charge < -0.3 is 4.74 Å². The van der Waals surface area contributed by atoms with Gasteiger partial charge in [0.2, 0.25) is 0 Å². The summed E-state index contributed by atoms with van der Waals surface area (Å²) in [6.45, 7) is 0. The number of thiazole rings is 1. The number of hydrogen-bond donors (Lipinski definition) is 0. The Morgan fingerprint density at radius 1 is 1.18 bits per heavy atom. The minimum atomic E-state index is -0.440. The van der Waals surface area contributed by atoms with E-state index in [-0.39, 0.29) is 12.2 Å². The van der Waals surface area contributed by atoms with Crippen molar-refractivity contribution in [3.63, 3.8) is 0 Å². The van der Waals surface area contributed by atoms with Crippen LogP contribution in [0.2, 0.25) is 0 Å². The number of rotatable bonds is 4. The second-order valence-corrected chi connectivity index (χ2v) is 5.32. The first-order valence-electron chi connectivity index (χ1n) is 6.53. The van der Waals surface area contributed by atoms with Crippen molar-refractivity contribution in [1.29, 1.82) is 0 Å². The van der Waals surface area contributed by atoms with Gasteiger partial charge in [0.25, 0.3) is 0 Å². The lowest BCUT2D eigenvalue weighted by Crippen LogP contribution is -2.11. The number of aromatic nitrogens is 2. The van der Waals surface area contributed by atoms with Gasteiger partial charge >= 0.3 is 5.97 Å². The van der Waals surface area contributed by atoms with Gasteiger partial charge in [-0.2, -0.15) is 0 Å². The molecular weight excluding hydrogens is 303 g/mol. The average molecular weight is 314 g/mol. The maximum atomic E-state index is 12.8. The van der Waals surface area contributed by atoms with E-state index in [2.05, 4.69) is 9.97 Å². The molecule has 4 nitrogen and oxygen atoms in total. The van der Waals surface area contributed by atoms with Crippen molar-refractivity contribution >= 4 is 17.3 Å². The molecule has 0 saturated heterocycles. The third kappa shape index (κ3) is 3.53. The van der Waals surface area contributed by atoms with Gasteiger partial charge in [-0.1, -0.05) is 6.07 Å². The second kappa shape index (κ2) is 6.44. The van der Waals surface area contributed by atoms with Crippen molar-refractivity contribution in [1.82, 2.24) is 9.97 Å². The summed E-state index contributed by atoms with van der Waals surface area (Å²) in [5, 5.41) is 2.56. The molecule has 0 N–H and O–H groups in total. The van der Waals surface area contributed by atoms with Gasteiger partial charge in [0.15, 0.2) is 0 Å². The Bertz CT molecular complexity index is 772. The number of carbonyl (C=O) groups excluding carboxylic acids is 1. The first-order valence-corrected chi connectivity index (χ1v) is 7.41. The van der Waals surface area contributed by atoms with E-state index in [1.54, 1.807) is 11.6 Å². The summed E-state index contributed by atoms with van der Waals surface area (Å²) in [5.74, 6) is -0.504. The van der Waals surface area contributed by atoms with Crippen molar-refractivity contribution in [3.8, 4) is 16.5 Å². The topological polar surface area (TPSA) is 52.1 Å². The largest absolute Gasteiger partial charge is 0.426 e. The monoisotopic (exact) mass is 314 g/mol. The van der Waals surface area contributed by atoms with Crippen molar-refractivity contribution in [3.05, 3.63) is 65.6 Å². The van der Waals surface area contributed by atoms with E-state index >= 15 is 0 Å². The van der Waals surface area contributed by atoms with Crippen LogP contribution < -0.4 is 4.74 Å². The fourth-order valence-corrected chi connectivity index (χ4v) is 2.61. The zero-order valence-corrected chi connectivity index (χ0v) is 12.2. The SMILES string of the molecule is O=C(Cc1csc(-c2ccccn2)n1)Oc1ccc(F)cc1. The molecule has 3 aromatic rings. The maximum Gasteiger partial charge on any atom is 0.317 e. The molecule has 0 radical (unpaired) electrons. The van der Waals surface area contributed by atoms with Gasteiger partial charge in [-0.15, -0.1) is 11.3 Å². The molecule has 22 heavy (non-hydrogen) atoms. The standard InChI is InChI=1S/C16H11FN2O2S/c17-11-4-6-13(7-5-11)21-15(20)9-12-10-22-16(19-12)14-3-1-2-8-18-14/h1-8,10H,9H2. The summed E-state index contributed by atoms with van der Waals surface area (Å²) < 4.78 is 17.9. The molecule has 6 heteroatoms. The molecule has 2 aromatic heterocycles. The van der Waals surface area contributed by atoms with Crippen molar-refractivity contribution in [2.45, 2.75) is 6.42 Å². The quantitative estimate of drug-likeness (QED) is 0.546. The van der Waals surface area contributed by atoms with Crippen LogP contribution >= 0.6 is 11.3 Å². The van der Waals surface area contributed by atoms with Gasteiger partial charge in [-0.3, -0.25) is 9.78 Å². The minimum Gasteiger partial charge on any atom is -0.426 e. The highest BCUT2D eigenvalue weighted by Gasteiger charge is 2.11. The molecule has 0 aliphatic rings. The predicted molar refractivity (Wildman–Crippen MR) is 81.1 cm³/mol. The summed E-state index contributed by atoms with van der Waals surface area (Å²) in [7, 11) is 0. The molecule has 0 aliphatic carbocycles. The van der Waals surface area contributed by atoms with E-state index in [1.807, 2.05) is 18.2 Å². The molecule has 0 atom stereocenters. The van der Waals surface area contributed by atoms with E-state index in [0.29, 0.717) is 11.4 Å². The number of halogens is 1. The zero-order chi connectivity index (χ0) is 15.4. The number of nitrogens with zero attached hydrogens (tertiary/aromatic N) is 2. The number of pyridine rings is 1. The molecule has 0 amide bonds. The highest BCUT2D eigenvalue weighted by molar-refractivity contribution is 7.13. The highest BCUT2D eigenvalue weighted by atomic mass is 32.1. The number of hydrogen-bond acceptors (Lipinski definition) is 5. The molecule has 0 unspecified atom stereocenters. The number of benzene rings is 1. The Labute approximate surface area is 130 Å². The van der Waals surface area contributed by atoms with Crippen LogP contribution in [0.15, 0.2) is 54.0 Å². The lowest BCUT2D eigenvalue weighted by molar-refractivity contribution is -0.133. The molecule has 2 heterocycles. The van der Waals surface area contributed by atoms with Crippen LogP contribution in [-0.2, 0) is 11.2 Å². The van der Waals surface area contributed by atoms with Gasteiger partial charge in [0.05, 0.1) is 17.8 Å². The first kappa shape index (κ1) is 14.3. The van der Waals surface area contributed by atoms with Gasteiger partial charge in [0, 0.05) is 11.6 Å². The lowest BCUT2D eigenvalue weighted by Gasteiger charge is -2.02. The number of carbonyl (C=O) groups is 1. The smallest absolute Gasteiger partial charge is 0.317 e. The Hall–Kier alpha value is -2.60. The summed E-state index contributed by atoms with van der Waals surface area (Å²) in [4.78, 5) is 20.4. The van der Waals surface area contributed by atoms with E-state index < -0.39 is 5.97 Å². The average Bonchev–Trinajstić information content (AvgIpc) is 2.99.